The number of carbonyl (C=O) groups excluding carboxylic acids is 2. The van der Waals surface area contributed by atoms with Crippen LogP contribution in [-0.2, 0) is 11.2 Å². The molecule has 0 aliphatic carbocycles. The van der Waals surface area contributed by atoms with E-state index in [2.05, 4.69) is 10.3 Å². The van der Waals surface area contributed by atoms with Crippen LogP contribution in [0.15, 0.2) is 35.3 Å². The highest BCUT2D eigenvalue weighted by atomic mass is 35.5. The lowest BCUT2D eigenvalue weighted by molar-refractivity contribution is -0.544. The molecule has 1 aromatic rings. The maximum Gasteiger partial charge on any atom is 0.333 e. The number of benzene rings is 1. The Kier molecular flexibility index (Phi) is 7.51. The van der Waals surface area contributed by atoms with E-state index in [1.54, 1.807) is 7.05 Å². The molecular weight excluding hydrogens is 394 g/mol. The standard InChI is InChI=1S/C20H28N5O3.ClH/c1-13(2)21-11-15(26)12-25-16(10-14-8-6-5-7-9-14)22-18-17(25)19(27)24(4)20(28)23(18)3;/h5-9,13,15,17,21,26H,10-12H2,1-4H3;1H/q+1;. The number of urea groups is 1. The largest absolute Gasteiger partial charge is 0.388 e. The maximum absolute atomic E-state index is 12.9. The van der Waals surface area contributed by atoms with Crippen molar-refractivity contribution in [2.45, 2.75) is 38.5 Å². The molecule has 2 unspecified atom stereocenters. The molecule has 1 saturated heterocycles. The Morgan fingerprint density at radius 3 is 2.45 bits per heavy atom. The van der Waals surface area contributed by atoms with Crippen molar-refractivity contribution < 1.29 is 19.3 Å². The number of amidine groups is 2. The molecule has 9 heteroatoms. The van der Waals surface area contributed by atoms with Gasteiger partial charge in [0.05, 0.1) is 6.42 Å². The number of hydrogen-bond acceptors (Lipinski definition) is 5. The highest BCUT2D eigenvalue weighted by Gasteiger charge is 2.53. The predicted molar refractivity (Wildman–Crippen MR) is 114 cm³/mol. The van der Waals surface area contributed by atoms with Crippen LogP contribution in [0.2, 0.25) is 0 Å². The average Bonchev–Trinajstić information content (AvgIpc) is 3.02. The Bertz CT molecular complexity index is 825. The number of likely N-dealkylation sites (N-methyl/N-ethyl adjacent to an activating group) is 2. The molecule has 2 aliphatic heterocycles. The van der Waals surface area contributed by atoms with Gasteiger partial charge in [-0.25, -0.2) is 9.37 Å². The number of hydrogen-bond donors (Lipinski definition) is 2. The summed E-state index contributed by atoms with van der Waals surface area (Å²) < 4.78 is 1.83. The number of nitrogens with zero attached hydrogens (tertiary/aromatic N) is 4. The van der Waals surface area contributed by atoms with Crippen LogP contribution in [0.1, 0.15) is 19.4 Å². The SMILES string of the molecule is CC(C)NCC(O)C[N+]1=C(Cc2ccccc2)N=C2C1C(=O)N(C)C(=O)N2C.Cl. The number of carbonyl (C=O) groups is 2. The normalized spacial score (nSPS) is 20.1. The number of nitrogens with one attached hydrogen (secondary N) is 1. The zero-order valence-electron chi connectivity index (χ0n) is 17.2. The molecule has 1 fully saturated rings. The summed E-state index contributed by atoms with van der Waals surface area (Å²) in [6, 6.07) is 8.98. The van der Waals surface area contributed by atoms with Crippen LogP contribution < -0.4 is 5.32 Å². The Morgan fingerprint density at radius 1 is 1.17 bits per heavy atom. The fraction of sp³-hybridized carbons (Fsp3) is 0.500. The van der Waals surface area contributed by atoms with Crippen LogP contribution in [0, 0.1) is 0 Å². The average molecular weight is 423 g/mol. The van der Waals surface area contributed by atoms with Gasteiger partial charge < -0.3 is 10.4 Å². The van der Waals surface area contributed by atoms with E-state index in [0.29, 0.717) is 24.6 Å². The third-order valence-corrected chi connectivity index (χ3v) is 4.99. The molecule has 1 aromatic carbocycles. The lowest BCUT2D eigenvalue weighted by atomic mass is 10.1. The summed E-state index contributed by atoms with van der Waals surface area (Å²) in [7, 11) is 3.10. The molecule has 0 bridgehead atoms. The van der Waals surface area contributed by atoms with Crippen LogP contribution in [-0.4, -0.2) is 88.5 Å². The first-order valence-electron chi connectivity index (χ1n) is 9.51. The van der Waals surface area contributed by atoms with E-state index in [4.69, 9.17) is 0 Å². The molecule has 29 heavy (non-hydrogen) atoms. The number of halogens is 1. The first kappa shape index (κ1) is 23.0. The van der Waals surface area contributed by atoms with Gasteiger partial charge in [-0.15, -0.1) is 12.4 Å². The van der Waals surface area contributed by atoms with Gasteiger partial charge in [0.1, 0.15) is 12.6 Å². The van der Waals surface area contributed by atoms with E-state index in [0.717, 1.165) is 10.5 Å². The highest BCUT2D eigenvalue weighted by Crippen LogP contribution is 2.20. The second-order valence-corrected chi connectivity index (χ2v) is 7.56. The molecule has 0 spiro atoms. The fourth-order valence-corrected chi connectivity index (χ4v) is 3.44. The quantitative estimate of drug-likeness (QED) is 0.634. The van der Waals surface area contributed by atoms with Gasteiger partial charge in [-0.1, -0.05) is 44.2 Å². The minimum absolute atomic E-state index is 0. The van der Waals surface area contributed by atoms with Crippen molar-refractivity contribution in [3.05, 3.63) is 35.9 Å². The first-order valence-corrected chi connectivity index (χ1v) is 9.51. The van der Waals surface area contributed by atoms with E-state index >= 15 is 0 Å². The molecule has 158 valence electrons. The summed E-state index contributed by atoms with van der Waals surface area (Å²) >= 11 is 0. The first-order chi connectivity index (χ1) is 13.3. The fourth-order valence-electron chi connectivity index (χ4n) is 3.44. The van der Waals surface area contributed by atoms with Crippen LogP contribution >= 0.6 is 12.4 Å². The molecule has 3 amide bonds. The summed E-state index contributed by atoms with van der Waals surface area (Å²) in [5.41, 5.74) is 1.05. The number of aliphatic hydroxyl groups is 1. The molecule has 8 nitrogen and oxygen atoms in total. The molecule has 2 N–H and O–H groups in total. The summed E-state index contributed by atoms with van der Waals surface area (Å²) in [5.74, 6) is 0.773. The number of amides is 3. The van der Waals surface area contributed by atoms with Crippen LogP contribution in [0.4, 0.5) is 4.79 Å². The van der Waals surface area contributed by atoms with E-state index in [9.17, 15) is 14.7 Å². The van der Waals surface area contributed by atoms with Crippen molar-refractivity contribution in [1.29, 1.82) is 0 Å². The second kappa shape index (κ2) is 9.47. The van der Waals surface area contributed by atoms with Gasteiger partial charge in [-0.05, 0) is 10.6 Å². The predicted octanol–water partition coefficient (Wildman–Crippen LogP) is 0.725. The summed E-state index contributed by atoms with van der Waals surface area (Å²) in [6.45, 7) is 4.68. The molecule has 0 aromatic heterocycles. The zero-order chi connectivity index (χ0) is 20.4. The maximum atomic E-state index is 12.9. The number of fused-ring (bicyclic) bond motifs is 1. The van der Waals surface area contributed by atoms with Crippen molar-refractivity contribution in [3.63, 3.8) is 0 Å². The van der Waals surface area contributed by atoms with Crippen LogP contribution in [0.25, 0.3) is 0 Å². The Morgan fingerprint density at radius 2 is 1.83 bits per heavy atom. The smallest absolute Gasteiger partial charge is 0.333 e. The molecular formula is C20H29ClN5O3+. The molecule has 0 radical (unpaired) electrons. The lowest BCUT2D eigenvalue weighted by Crippen LogP contribution is -2.62. The van der Waals surface area contributed by atoms with E-state index in [1.807, 2.05) is 48.8 Å². The van der Waals surface area contributed by atoms with E-state index < -0.39 is 18.2 Å². The number of rotatable bonds is 7. The summed E-state index contributed by atoms with van der Waals surface area (Å²) in [6.07, 6.45) is -0.159. The lowest BCUT2D eigenvalue weighted by Gasteiger charge is -2.31. The number of aliphatic hydroxyl groups excluding tert-OH is 1. The van der Waals surface area contributed by atoms with Gasteiger partial charge in [-0.3, -0.25) is 14.6 Å². The monoisotopic (exact) mass is 422 g/mol. The molecule has 0 saturated carbocycles. The molecule has 2 aliphatic rings. The van der Waals surface area contributed by atoms with Crippen molar-refractivity contribution in [3.8, 4) is 0 Å². The van der Waals surface area contributed by atoms with Crippen molar-refractivity contribution in [2.75, 3.05) is 27.2 Å². The molecule has 3 rings (SSSR count). The highest BCUT2D eigenvalue weighted by molar-refractivity contribution is 6.23. The van der Waals surface area contributed by atoms with Gasteiger partial charge in [0.2, 0.25) is 0 Å². The third kappa shape index (κ3) is 4.83. The van der Waals surface area contributed by atoms with Gasteiger partial charge in [0, 0.05) is 26.7 Å². The number of imide groups is 1. The van der Waals surface area contributed by atoms with Gasteiger partial charge in [0.15, 0.2) is 0 Å². The van der Waals surface area contributed by atoms with Crippen LogP contribution in [0.5, 0.6) is 0 Å². The minimum atomic E-state index is -0.694. The van der Waals surface area contributed by atoms with E-state index in [1.165, 1.54) is 11.9 Å². The zero-order valence-corrected chi connectivity index (χ0v) is 18.0. The Labute approximate surface area is 177 Å². The van der Waals surface area contributed by atoms with Crippen molar-refractivity contribution >= 4 is 36.0 Å². The molecule has 2 heterocycles. The van der Waals surface area contributed by atoms with E-state index in [-0.39, 0.29) is 30.9 Å². The van der Waals surface area contributed by atoms with Crippen molar-refractivity contribution in [2.24, 2.45) is 4.99 Å². The summed E-state index contributed by atoms with van der Waals surface area (Å²) in [5, 5.41) is 13.7. The summed E-state index contributed by atoms with van der Waals surface area (Å²) in [4.78, 5) is 32.3. The second-order valence-electron chi connectivity index (χ2n) is 7.56. The van der Waals surface area contributed by atoms with Gasteiger partial charge in [-0.2, -0.15) is 0 Å². The van der Waals surface area contributed by atoms with Gasteiger partial charge >= 0.3 is 11.9 Å². The Hall–Kier alpha value is -2.29. The number of β-amino-alcohol motifs (C(OH)–C–C–N with tert-alkyl or cyclic N) is 1. The van der Waals surface area contributed by atoms with Crippen LogP contribution in [0.3, 0.4) is 0 Å². The Balaban J connectivity index is 0.00000300. The topological polar surface area (TPSA) is 88.2 Å². The third-order valence-electron chi connectivity index (χ3n) is 4.99. The molecule has 2 atom stereocenters. The van der Waals surface area contributed by atoms with Crippen molar-refractivity contribution in [1.82, 2.24) is 15.1 Å². The number of aliphatic imine (C=N–C) groups is 1. The minimum Gasteiger partial charge on any atom is -0.388 e. The van der Waals surface area contributed by atoms with Gasteiger partial charge in [0.25, 0.3) is 17.8 Å².